The summed E-state index contributed by atoms with van der Waals surface area (Å²) in [4.78, 5) is 2.49. The largest absolute Gasteiger partial charge is 0.497 e. The van der Waals surface area contributed by atoms with Gasteiger partial charge in [0.2, 0.25) is 10.0 Å². The lowest BCUT2D eigenvalue weighted by molar-refractivity contribution is 0.197. The van der Waals surface area contributed by atoms with Gasteiger partial charge >= 0.3 is 0 Å². The standard InChI is InChI=1S/C18H30N2O4S2/c1-18(2,3)25-13-12-19-8-10-20(11-9-19)26(21,22)17-14-15(23-4)6-7-16(17)24-5/h6-7,14H,8-13H2,1-5H3. The molecule has 0 saturated carbocycles. The monoisotopic (exact) mass is 402 g/mol. The van der Waals surface area contributed by atoms with Gasteiger partial charge in [-0.2, -0.15) is 16.1 Å². The Morgan fingerprint density at radius 1 is 1.08 bits per heavy atom. The molecule has 0 radical (unpaired) electrons. The summed E-state index contributed by atoms with van der Waals surface area (Å²) in [5, 5.41) is 0. The molecule has 1 aromatic rings. The maximum Gasteiger partial charge on any atom is 0.246 e. The first-order chi connectivity index (χ1) is 12.2. The van der Waals surface area contributed by atoms with Crippen molar-refractivity contribution >= 4 is 21.8 Å². The lowest BCUT2D eigenvalue weighted by Crippen LogP contribution is -2.49. The minimum absolute atomic E-state index is 0.163. The topological polar surface area (TPSA) is 59.1 Å². The highest BCUT2D eigenvalue weighted by Crippen LogP contribution is 2.31. The first kappa shape index (κ1) is 21.3. The van der Waals surface area contributed by atoms with Crippen molar-refractivity contribution in [1.82, 2.24) is 9.21 Å². The number of sulfonamides is 1. The quantitative estimate of drug-likeness (QED) is 0.699. The van der Waals surface area contributed by atoms with Gasteiger partial charge in [0.05, 0.1) is 14.2 Å². The molecule has 6 nitrogen and oxygen atoms in total. The number of rotatable bonds is 7. The molecule has 1 aliphatic heterocycles. The van der Waals surface area contributed by atoms with E-state index in [-0.39, 0.29) is 9.64 Å². The van der Waals surface area contributed by atoms with E-state index in [1.807, 2.05) is 11.8 Å². The van der Waals surface area contributed by atoms with E-state index in [1.165, 1.54) is 24.6 Å². The normalized spacial score (nSPS) is 17.3. The maximum atomic E-state index is 13.1. The average molecular weight is 403 g/mol. The number of hydrogen-bond acceptors (Lipinski definition) is 6. The third-order valence-corrected chi connectivity index (χ3v) is 7.44. The summed E-state index contributed by atoms with van der Waals surface area (Å²) in [6.07, 6.45) is 0. The molecule has 26 heavy (non-hydrogen) atoms. The van der Waals surface area contributed by atoms with Crippen LogP contribution in [0.1, 0.15) is 20.8 Å². The lowest BCUT2D eigenvalue weighted by Gasteiger charge is -2.34. The summed E-state index contributed by atoms with van der Waals surface area (Å²) in [6, 6.07) is 4.86. The highest BCUT2D eigenvalue weighted by molar-refractivity contribution is 8.00. The van der Waals surface area contributed by atoms with Crippen LogP contribution in [0.15, 0.2) is 23.1 Å². The van der Waals surface area contributed by atoms with Crippen LogP contribution in [-0.4, -0.2) is 75.1 Å². The van der Waals surface area contributed by atoms with Gasteiger partial charge in [-0.1, -0.05) is 20.8 Å². The third kappa shape index (κ3) is 5.52. The minimum atomic E-state index is -3.61. The van der Waals surface area contributed by atoms with E-state index in [9.17, 15) is 8.42 Å². The maximum absolute atomic E-state index is 13.1. The average Bonchev–Trinajstić information content (AvgIpc) is 2.60. The minimum Gasteiger partial charge on any atom is -0.497 e. The summed E-state index contributed by atoms with van der Waals surface area (Å²) in [7, 11) is -0.610. The predicted molar refractivity (Wildman–Crippen MR) is 107 cm³/mol. The molecule has 0 spiro atoms. The summed E-state index contributed by atoms with van der Waals surface area (Å²) < 4.78 is 38.3. The van der Waals surface area contributed by atoms with Crippen molar-refractivity contribution in [1.29, 1.82) is 0 Å². The van der Waals surface area contributed by atoms with Crippen LogP contribution in [0.4, 0.5) is 0 Å². The first-order valence-corrected chi connectivity index (χ1v) is 11.2. The van der Waals surface area contributed by atoms with E-state index in [2.05, 4.69) is 25.7 Å². The molecular weight excluding hydrogens is 372 g/mol. The highest BCUT2D eigenvalue weighted by atomic mass is 32.2. The van der Waals surface area contributed by atoms with Crippen molar-refractivity contribution in [2.75, 3.05) is 52.7 Å². The number of piperazine rings is 1. The van der Waals surface area contributed by atoms with Gasteiger partial charge in [0.15, 0.2) is 0 Å². The smallest absolute Gasteiger partial charge is 0.246 e. The van der Waals surface area contributed by atoms with Gasteiger partial charge in [-0.3, -0.25) is 4.90 Å². The van der Waals surface area contributed by atoms with Crippen LogP contribution in [-0.2, 0) is 10.0 Å². The van der Waals surface area contributed by atoms with Crippen molar-refractivity contribution < 1.29 is 17.9 Å². The number of methoxy groups -OCH3 is 2. The Labute approximate surface area is 161 Å². The fourth-order valence-electron chi connectivity index (χ4n) is 2.80. The van der Waals surface area contributed by atoms with Gasteiger partial charge in [-0.05, 0) is 12.1 Å². The zero-order valence-corrected chi connectivity index (χ0v) is 18.0. The fraction of sp³-hybridized carbons (Fsp3) is 0.667. The zero-order chi connectivity index (χ0) is 19.4. The van der Waals surface area contributed by atoms with Crippen LogP contribution in [0.3, 0.4) is 0 Å². The molecule has 0 unspecified atom stereocenters. The van der Waals surface area contributed by atoms with E-state index >= 15 is 0 Å². The van der Waals surface area contributed by atoms with Gasteiger partial charge in [0, 0.05) is 49.3 Å². The molecule has 0 N–H and O–H groups in total. The molecule has 0 amide bonds. The highest BCUT2D eigenvalue weighted by Gasteiger charge is 2.31. The van der Waals surface area contributed by atoms with Gasteiger partial charge < -0.3 is 9.47 Å². The van der Waals surface area contributed by atoms with E-state index in [4.69, 9.17) is 9.47 Å². The van der Waals surface area contributed by atoms with Crippen LogP contribution in [0.25, 0.3) is 0 Å². The molecule has 1 saturated heterocycles. The van der Waals surface area contributed by atoms with Crippen molar-refractivity contribution in [2.45, 2.75) is 30.4 Å². The Morgan fingerprint density at radius 3 is 2.27 bits per heavy atom. The second-order valence-electron chi connectivity index (χ2n) is 7.22. The molecule has 0 atom stereocenters. The van der Waals surface area contributed by atoms with Crippen LogP contribution < -0.4 is 9.47 Å². The second kappa shape index (κ2) is 8.82. The number of nitrogens with zero attached hydrogens (tertiary/aromatic N) is 2. The summed E-state index contributed by atoms with van der Waals surface area (Å²) >= 11 is 1.94. The molecule has 0 aromatic heterocycles. The number of ether oxygens (including phenoxy) is 2. The van der Waals surface area contributed by atoms with Crippen LogP contribution in [0.2, 0.25) is 0 Å². The molecule has 148 valence electrons. The van der Waals surface area contributed by atoms with E-state index in [0.29, 0.717) is 24.6 Å². The third-order valence-electron chi connectivity index (χ3n) is 4.26. The van der Waals surface area contributed by atoms with Gasteiger partial charge in [0.1, 0.15) is 16.4 Å². The van der Waals surface area contributed by atoms with Crippen molar-refractivity contribution in [3.05, 3.63) is 18.2 Å². The second-order valence-corrected chi connectivity index (χ2v) is 11.1. The van der Waals surface area contributed by atoms with E-state index in [1.54, 1.807) is 12.1 Å². The lowest BCUT2D eigenvalue weighted by atomic mass is 10.3. The molecule has 1 fully saturated rings. The molecule has 1 heterocycles. The summed E-state index contributed by atoms with van der Waals surface area (Å²) in [5.41, 5.74) is 0. The Balaban J connectivity index is 2.02. The van der Waals surface area contributed by atoms with E-state index in [0.717, 1.165) is 25.4 Å². The van der Waals surface area contributed by atoms with Crippen molar-refractivity contribution in [2.24, 2.45) is 0 Å². The molecule has 8 heteroatoms. The predicted octanol–water partition coefficient (Wildman–Crippen LogP) is 2.54. The van der Waals surface area contributed by atoms with Gasteiger partial charge in [0.25, 0.3) is 0 Å². The Morgan fingerprint density at radius 2 is 1.73 bits per heavy atom. The molecule has 0 bridgehead atoms. The molecular formula is C18H30N2O4S2. The van der Waals surface area contributed by atoms with Crippen molar-refractivity contribution in [3.8, 4) is 11.5 Å². The number of thioether (sulfide) groups is 1. The summed E-state index contributed by atoms with van der Waals surface area (Å²) in [6.45, 7) is 10.1. The molecule has 1 aliphatic rings. The Bertz CT molecular complexity index is 694. The van der Waals surface area contributed by atoms with Crippen LogP contribution in [0.5, 0.6) is 11.5 Å². The van der Waals surface area contributed by atoms with Crippen LogP contribution >= 0.6 is 11.8 Å². The first-order valence-electron chi connectivity index (χ1n) is 8.76. The molecule has 2 rings (SSSR count). The van der Waals surface area contributed by atoms with Crippen LogP contribution in [0, 0.1) is 0 Å². The molecule has 1 aromatic carbocycles. The summed E-state index contributed by atoms with van der Waals surface area (Å²) in [5.74, 6) is 1.90. The van der Waals surface area contributed by atoms with Gasteiger partial charge in [-0.25, -0.2) is 8.42 Å². The van der Waals surface area contributed by atoms with E-state index < -0.39 is 10.0 Å². The SMILES string of the molecule is COc1ccc(OC)c(S(=O)(=O)N2CCN(CCSC(C)(C)C)CC2)c1. The van der Waals surface area contributed by atoms with Crippen molar-refractivity contribution in [3.63, 3.8) is 0 Å². The molecule has 0 aliphatic carbocycles. The Kier molecular flexibility index (Phi) is 7.24. The number of benzene rings is 1. The zero-order valence-electron chi connectivity index (χ0n) is 16.3. The van der Waals surface area contributed by atoms with Gasteiger partial charge in [-0.15, -0.1) is 0 Å². The Hall–Kier alpha value is -0.960. The number of hydrogen-bond donors (Lipinski definition) is 0. The fourth-order valence-corrected chi connectivity index (χ4v) is 5.35.